The second-order valence-electron chi connectivity index (χ2n) is 9.54. The second-order valence-corrected chi connectivity index (χ2v) is 11.1. The lowest BCUT2D eigenvalue weighted by Crippen LogP contribution is -2.36. The van der Waals surface area contributed by atoms with E-state index in [4.69, 9.17) is 4.74 Å². The summed E-state index contributed by atoms with van der Waals surface area (Å²) < 4.78 is 4.97. The van der Waals surface area contributed by atoms with Gasteiger partial charge in [0.2, 0.25) is 5.91 Å². The molecule has 6 heteroatoms. The maximum atomic E-state index is 13.1. The van der Waals surface area contributed by atoms with Gasteiger partial charge >= 0.3 is 6.09 Å². The summed E-state index contributed by atoms with van der Waals surface area (Å²) in [7, 11) is 0. The Hall–Kier alpha value is -3.77. The number of rotatable bonds is 8. The Morgan fingerprint density at radius 1 is 0.974 bits per heavy atom. The van der Waals surface area contributed by atoms with Gasteiger partial charge in [-0.05, 0) is 29.5 Å². The van der Waals surface area contributed by atoms with Crippen LogP contribution in [0.5, 0.6) is 0 Å². The Balaban J connectivity index is 1.56. The summed E-state index contributed by atoms with van der Waals surface area (Å²) in [6.45, 7) is 4.98. The molecule has 2 saturated heterocycles. The molecule has 194 valence electrons. The van der Waals surface area contributed by atoms with Crippen molar-refractivity contribution in [3.8, 4) is 0 Å². The van der Waals surface area contributed by atoms with Crippen LogP contribution in [-0.4, -0.2) is 47.9 Å². The molecule has 0 aliphatic carbocycles. The molecule has 5 rings (SSSR count). The van der Waals surface area contributed by atoms with Gasteiger partial charge in [0.15, 0.2) is 0 Å². The van der Waals surface area contributed by atoms with E-state index in [2.05, 4.69) is 84.7 Å². The molecule has 0 unspecified atom stereocenters. The number of hydrogen-bond donors (Lipinski definition) is 1. The molecule has 0 saturated carbocycles. The summed E-state index contributed by atoms with van der Waals surface area (Å²) in [6, 6.07) is 31.5. The predicted octanol–water partition coefficient (Wildman–Crippen LogP) is 5.92. The van der Waals surface area contributed by atoms with Crippen LogP contribution in [0.25, 0.3) is 0 Å². The summed E-state index contributed by atoms with van der Waals surface area (Å²) in [5.74, 6) is -0.0484. The highest BCUT2D eigenvalue weighted by atomic mass is 32.2. The van der Waals surface area contributed by atoms with Crippen LogP contribution in [-0.2, 0) is 14.3 Å². The average Bonchev–Trinajstić information content (AvgIpc) is 3.57. The van der Waals surface area contributed by atoms with Gasteiger partial charge in [-0.25, -0.2) is 4.79 Å². The first-order chi connectivity index (χ1) is 18.6. The van der Waals surface area contributed by atoms with Crippen LogP contribution in [0.15, 0.2) is 115 Å². The molecule has 1 N–H and O–H groups in total. The fraction of sp³-hybridized carbons (Fsp3) is 0.250. The molecule has 2 aliphatic rings. The van der Waals surface area contributed by atoms with Crippen LogP contribution in [0.2, 0.25) is 0 Å². The highest BCUT2D eigenvalue weighted by Gasteiger charge is 2.44. The smallest absolute Gasteiger partial charge is 0.410 e. The molecule has 0 spiro atoms. The van der Waals surface area contributed by atoms with Crippen molar-refractivity contribution >= 4 is 23.8 Å². The first kappa shape index (κ1) is 25.9. The van der Waals surface area contributed by atoms with Crippen molar-refractivity contribution in [1.82, 2.24) is 10.2 Å². The lowest BCUT2D eigenvalue weighted by molar-refractivity contribution is -0.116. The topological polar surface area (TPSA) is 58.6 Å². The monoisotopic (exact) mass is 524 g/mol. The van der Waals surface area contributed by atoms with Gasteiger partial charge < -0.3 is 15.0 Å². The van der Waals surface area contributed by atoms with Gasteiger partial charge in [-0.3, -0.25) is 4.79 Å². The van der Waals surface area contributed by atoms with Crippen LogP contribution < -0.4 is 5.32 Å². The highest BCUT2D eigenvalue weighted by Crippen LogP contribution is 2.52. The van der Waals surface area contributed by atoms with Gasteiger partial charge in [-0.15, -0.1) is 11.8 Å². The third-order valence-corrected chi connectivity index (χ3v) is 8.85. The van der Waals surface area contributed by atoms with Crippen molar-refractivity contribution in [2.45, 2.75) is 28.9 Å². The third kappa shape index (κ3) is 5.27. The molecule has 0 bridgehead atoms. The molecular formula is C32H32N2O3S. The number of ether oxygens (including phenoxy) is 1. The van der Waals surface area contributed by atoms with Crippen molar-refractivity contribution in [2.75, 3.05) is 19.7 Å². The quantitative estimate of drug-likeness (QED) is 0.226. The number of thioether (sulfide) groups is 1. The first-order valence-electron chi connectivity index (χ1n) is 13.0. The van der Waals surface area contributed by atoms with E-state index in [0.717, 1.165) is 12.0 Å². The van der Waals surface area contributed by atoms with Crippen molar-refractivity contribution in [3.63, 3.8) is 0 Å². The van der Waals surface area contributed by atoms with E-state index < -0.39 is 4.75 Å². The molecule has 2 heterocycles. The molecule has 0 aromatic heterocycles. The van der Waals surface area contributed by atoms with Crippen molar-refractivity contribution in [3.05, 3.63) is 132 Å². The van der Waals surface area contributed by atoms with Gasteiger partial charge in [0.25, 0.3) is 0 Å². The molecule has 2 atom stereocenters. The second kappa shape index (κ2) is 11.7. The van der Waals surface area contributed by atoms with E-state index in [-0.39, 0.29) is 29.9 Å². The number of hydrogen-bond acceptors (Lipinski definition) is 4. The SMILES string of the molecule is C=CCOC(=O)N1C[C@@H](SC(c2ccccc2)(c2ccccc2)c2ccccc2)C[C@H]1/C=C1/CCNC1=O. The lowest BCUT2D eigenvalue weighted by atomic mass is 9.84. The van der Waals surface area contributed by atoms with E-state index >= 15 is 0 Å². The molecule has 2 fully saturated rings. The van der Waals surface area contributed by atoms with Gasteiger partial charge in [-0.1, -0.05) is 110 Å². The van der Waals surface area contributed by atoms with Gasteiger partial charge in [-0.2, -0.15) is 0 Å². The van der Waals surface area contributed by atoms with Crippen LogP contribution in [0, 0.1) is 0 Å². The van der Waals surface area contributed by atoms with Gasteiger partial charge in [0.1, 0.15) is 6.61 Å². The van der Waals surface area contributed by atoms with Crippen molar-refractivity contribution in [1.29, 1.82) is 0 Å². The molecule has 3 aromatic rings. The Morgan fingerprint density at radius 3 is 2.00 bits per heavy atom. The Kier molecular flexibility index (Phi) is 7.99. The summed E-state index contributed by atoms with van der Waals surface area (Å²) in [4.78, 5) is 27.2. The zero-order valence-electron chi connectivity index (χ0n) is 21.3. The standard InChI is InChI=1S/C32H32N2O3S/c1-2-20-37-31(36)34-23-29(22-28(34)21-24-18-19-33-30(24)35)38-32(25-12-6-3-7-13-25,26-14-8-4-9-15-26)27-16-10-5-11-17-27/h2-17,21,28-29H,1,18-20,22-23H2,(H,33,35)/b24-21-/t28-,29+/m1/s1. The van der Waals surface area contributed by atoms with Crippen LogP contribution in [0.3, 0.4) is 0 Å². The Bertz CT molecular complexity index is 1200. The Morgan fingerprint density at radius 2 is 1.53 bits per heavy atom. The van der Waals surface area contributed by atoms with Crippen LogP contribution >= 0.6 is 11.8 Å². The van der Waals surface area contributed by atoms with Crippen LogP contribution in [0.1, 0.15) is 29.5 Å². The minimum absolute atomic E-state index is 0.0484. The number of benzene rings is 3. The average molecular weight is 525 g/mol. The van der Waals surface area contributed by atoms with Crippen molar-refractivity contribution in [2.24, 2.45) is 0 Å². The highest BCUT2D eigenvalue weighted by molar-refractivity contribution is 8.01. The van der Waals surface area contributed by atoms with E-state index in [9.17, 15) is 9.59 Å². The largest absolute Gasteiger partial charge is 0.445 e. The molecule has 3 aromatic carbocycles. The number of carbonyl (C=O) groups is 2. The van der Waals surface area contributed by atoms with E-state index in [0.29, 0.717) is 19.5 Å². The molecule has 0 radical (unpaired) electrons. The normalized spacial score (nSPS) is 20.4. The fourth-order valence-electron chi connectivity index (χ4n) is 5.39. The first-order valence-corrected chi connectivity index (χ1v) is 13.9. The predicted molar refractivity (Wildman–Crippen MR) is 153 cm³/mol. The maximum absolute atomic E-state index is 13.1. The summed E-state index contributed by atoms with van der Waals surface area (Å²) in [6.07, 6.45) is 4.55. The zero-order valence-corrected chi connectivity index (χ0v) is 22.1. The third-order valence-electron chi connectivity index (χ3n) is 7.11. The van der Waals surface area contributed by atoms with E-state index in [1.807, 2.05) is 36.0 Å². The van der Waals surface area contributed by atoms with E-state index in [1.165, 1.54) is 16.7 Å². The van der Waals surface area contributed by atoms with Crippen LogP contribution in [0.4, 0.5) is 4.79 Å². The molecule has 5 nitrogen and oxygen atoms in total. The lowest BCUT2D eigenvalue weighted by Gasteiger charge is -2.37. The zero-order chi connectivity index (χ0) is 26.4. The molecule has 2 amide bonds. The number of likely N-dealkylation sites (tertiary alicyclic amines) is 1. The number of amides is 2. The van der Waals surface area contributed by atoms with Crippen molar-refractivity contribution < 1.29 is 14.3 Å². The maximum Gasteiger partial charge on any atom is 0.410 e. The van der Waals surface area contributed by atoms with Gasteiger partial charge in [0, 0.05) is 23.9 Å². The minimum atomic E-state index is -0.488. The molecule has 38 heavy (non-hydrogen) atoms. The van der Waals surface area contributed by atoms with Gasteiger partial charge in [0.05, 0.1) is 10.8 Å². The number of nitrogens with one attached hydrogen (secondary N) is 1. The molecule has 2 aliphatic heterocycles. The fourth-order valence-corrected chi connectivity index (χ4v) is 7.24. The Labute approximate surface area is 228 Å². The number of carbonyl (C=O) groups excluding carboxylic acids is 2. The minimum Gasteiger partial charge on any atom is -0.445 e. The summed E-state index contributed by atoms with van der Waals surface area (Å²) in [5.41, 5.74) is 4.28. The van der Waals surface area contributed by atoms with E-state index in [1.54, 1.807) is 11.0 Å². The summed E-state index contributed by atoms with van der Waals surface area (Å²) >= 11 is 1.87. The summed E-state index contributed by atoms with van der Waals surface area (Å²) in [5, 5.41) is 2.97. The molecular weight excluding hydrogens is 492 g/mol. The number of nitrogens with zero attached hydrogens (tertiary/aromatic N) is 1.